The van der Waals surface area contributed by atoms with Crippen LogP contribution in [-0.4, -0.2) is 53.7 Å². The van der Waals surface area contributed by atoms with Crippen molar-refractivity contribution in [1.29, 1.82) is 0 Å². The molecule has 1 saturated heterocycles. The summed E-state index contributed by atoms with van der Waals surface area (Å²) >= 11 is 0. The molecule has 0 aromatic heterocycles. The SMILES string of the molecule is CCCC[C@H](NC(=O)OCC1c2ccccc2-c2ccccc21)C(=O)N1CC(CC)(C(=O)O)C1. The van der Waals surface area contributed by atoms with Crippen LogP contribution in [0.2, 0.25) is 0 Å². The van der Waals surface area contributed by atoms with Crippen molar-refractivity contribution in [1.82, 2.24) is 10.2 Å². The maximum absolute atomic E-state index is 13.0. The van der Waals surface area contributed by atoms with Gasteiger partial charge in [0.1, 0.15) is 18.1 Å². The predicted octanol–water partition coefficient (Wildman–Crippen LogP) is 4.41. The van der Waals surface area contributed by atoms with E-state index in [0.29, 0.717) is 12.8 Å². The lowest BCUT2D eigenvalue weighted by molar-refractivity contribution is -0.167. The van der Waals surface area contributed by atoms with Crippen molar-refractivity contribution >= 4 is 18.0 Å². The molecule has 7 nitrogen and oxygen atoms in total. The van der Waals surface area contributed by atoms with Gasteiger partial charge < -0.3 is 20.1 Å². The first kappa shape index (κ1) is 23.8. The highest BCUT2D eigenvalue weighted by atomic mass is 16.5. The fraction of sp³-hybridized carbons (Fsp3) is 0.444. The molecular formula is C27H32N2O5. The maximum atomic E-state index is 13.0. The number of carboxylic acid groups (broad SMARTS) is 1. The number of aliphatic carboxylic acids is 1. The molecule has 2 aromatic rings. The van der Waals surface area contributed by atoms with Gasteiger partial charge in [-0.25, -0.2) is 4.79 Å². The molecule has 1 heterocycles. The smallest absolute Gasteiger partial charge is 0.407 e. The summed E-state index contributed by atoms with van der Waals surface area (Å²) in [5.41, 5.74) is 3.67. The minimum absolute atomic E-state index is 0.0564. The number of nitrogens with one attached hydrogen (secondary N) is 1. The molecule has 0 unspecified atom stereocenters. The Morgan fingerprint density at radius 1 is 1.06 bits per heavy atom. The van der Waals surface area contributed by atoms with Gasteiger partial charge in [-0.15, -0.1) is 0 Å². The van der Waals surface area contributed by atoms with E-state index in [9.17, 15) is 19.5 Å². The quantitative estimate of drug-likeness (QED) is 0.573. The van der Waals surface area contributed by atoms with Crippen molar-refractivity contribution in [2.45, 2.75) is 51.5 Å². The molecule has 180 valence electrons. The van der Waals surface area contributed by atoms with Crippen molar-refractivity contribution in [3.05, 3.63) is 59.7 Å². The Hall–Kier alpha value is -3.35. The molecule has 2 N–H and O–H groups in total. The normalized spacial score (nSPS) is 16.7. The topological polar surface area (TPSA) is 95.9 Å². The van der Waals surface area contributed by atoms with Gasteiger partial charge >= 0.3 is 12.1 Å². The summed E-state index contributed by atoms with van der Waals surface area (Å²) in [7, 11) is 0. The molecule has 1 aliphatic carbocycles. The summed E-state index contributed by atoms with van der Waals surface area (Å²) in [5, 5.41) is 12.2. The van der Waals surface area contributed by atoms with Crippen molar-refractivity contribution in [3.63, 3.8) is 0 Å². The molecule has 0 spiro atoms. The molecular weight excluding hydrogens is 432 g/mol. The molecule has 2 amide bonds. The number of benzene rings is 2. The lowest BCUT2D eigenvalue weighted by Gasteiger charge is -2.47. The first-order valence-corrected chi connectivity index (χ1v) is 12.0. The van der Waals surface area contributed by atoms with Crippen LogP contribution in [0.25, 0.3) is 11.1 Å². The third kappa shape index (κ3) is 4.39. The number of fused-ring (bicyclic) bond motifs is 3. The third-order valence-electron chi connectivity index (χ3n) is 7.21. The Morgan fingerprint density at radius 3 is 2.18 bits per heavy atom. The van der Waals surface area contributed by atoms with Crippen LogP contribution >= 0.6 is 0 Å². The van der Waals surface area contributed by atoms with E-state index in [4.69, 9.17) is 4.74 Å². The molecule has 7 heteroatoms. The van der Waals surface area contributed by atoms with Gasteiger partial charge in [-0.2, -0.15) is 0 Å². The number of carboxylic acids is 1. The van der Waals surface area contributed by atoms with Crippen molar-refractivity contribution in [2.24, 2.45) is 5.41 Å². The van der Waals surface area contributed by atoms with Gasteiger partial charge in [0.05, 0.1) is 0 Å². The highest BCUT2D eigenvalue weighted by Gasteiger charge is 2.51. The fourth-order valence-electron chi connectivity index (χ4n) is 5.02. The summed E-state index contributed by atoms with van der Waals surface area (Å²) in [4.78, 5) is 38.9. The summed E-state index contributed by atoms with van der Waals surface area (Å²) < 4.78 is 5.62. The van der Waals surface area contributed by atoms with E-state index >= 15 is 0 Å². The van der Waals surface area contributed by atoms with E-state index in [2.05, 4.69) is 29.6 Å². The highest BCUT2D eigenvalue weighted by molar-refractivity contribution is 5.89. The molecule has 1 fully saturated rings. The lowest BCUT2D eigenvalue weighted by atomic mass is 9.77. The number of rotatable bonds is 9. The van der Waals surface area contributed by atoms with E-state index in [1.54, 1.807) is 0 Å². The second kappa shape index (κ2) is 9.87. The Morgan fingerprint density at radius 2 is 1.65 bits per heavy atom. The third-order valence-corrected chi connectivity index (χ3v) is 7.21. The first-order valence-electron chi connectivity index (χ1n) is 12.0. The van der Waals surface area contributed by atoms with Gasteiger partial charge in [0.25, 0.3) is 0 Å². The summed E-state index contributed by atoms with van der Waals surface area (Å²) in [6, 6.07) is 15.5. The minimum atomic E-state index is -0.881. The summed E-state index contributed by atoms with van der Waals surface area (Å²) in [6.07, 6.45) is 1.97. The zero-order valence-electron chi connectivity index (χ0n) is 19.8. The number of carbonyl (C=O) groups is 3. The largest absolute Gasteiger partial charge is 0.481 e. The van der Waals surface area contributed by atoms with Crippen molar-refractivity contribution in [2.75, 3.05) is 19.7 Å². The van der Waals surface area contributed by atoms with Gasteiger partial charge in [-0.1, -0.05) is 75.2 Å². The fourth-order valence-corrected chi connectivity index (χ4v) is 5.02. The molecule has 1 atom stereocenters. The standard InChI is InChI=1S/C27H32N2O5/c1-3-5-14-23(24(30)29-16-27(4-2,17-29)25(31)32)28-26(33)34-15-22-20-12-8-6-10-18(20)19-11-7-9-13-21(19)22/h6-13,22-23H,3-5,14-17H2,1-2H3,(H,28,33)(H,31,32)/t23-/m0/s1. The molecule has 0 radical (unpaired) electrons. The summed E-state index contributed by atoms with van der Waals surface area (Å²) in [5.74, 6) is -1.18. The lowest BCUT2D eigenvalue weighted by Crippen LogP contribution is -2.65. The second-order valence-electron chi connectivity index (χ2n) is 9.30. The number of amides is 2. The van der Waals surface area contributed by atoms with Gasteiger partial charge in [0.15, 0.2) is 0 Å². The van der Waals surface area contributed by atoms with Crippen LogP contribution in [0, 0.1) is 5.41 Å². The van der Waals surface area contributed by atoms with E-state index in [0.717, 1.165) is 35.1 Å². The average Bonchev–Trinajstić information content (AvgIpc) is 3.13. The number of ether oxygens (including phenoxy) is 1. The van der Waals surface area contributed by atoms with Gasteiger partial charge in [0.2, 0.25) is 5.91 Å². The van der Waals surface area contributed by atoms with E-state index in [1.807, 2.05) is 38.1 Å². The van der Waals surface area contributed by atoms with Gasteiger partial charge in [-0.05, 0) is 35.1 Å². The molecule has 0 saturated carbocycles. The highest BCUT2D eigenvalue weighted by Crippen LogP contribution is 2.44. The number of carbonyl (C=O) groups excluding carboxylic acids is 2. The zero-order chi connectivity index (χ0) is 24.3. The number of likely N-dealkylation sites (tertiary alicyclic amines) is 1. The van der Waals surface area contributed by atoms with Gasteiger partial charge in [0, 0.05) is 19.0 Å². The Labute approximate surface area is 200 Å². The van der Waals surface area contributed by atoms with Crippen molar-refractivity contribution < 1.29 is 24.2 Å². The molecule has 2 aliphatic rings. The number of nitrogens with zero attached hydrogens (tertiary/aromatic N) is 1. The molecule has 4 rings (SSSR count). The maximum Gasteiger partial charge on any atom is 0.407 e. The zero-order valence-corrected chi connectivity index (χ0v) is 19.8. The van der Waals surface area contributed by atoms with Crippen LogP contribution in [0.5, 0.6) is 0 Å². The second-order valence-corrected chi connectivity index (χ2v) is 9.30. The van der Waals surface area contributed by atoms with Crippen LogP contribution in [0.3, 0.4) is 0 Å². The van der Waals surface area contributed by atoms with Crippen molar-refractivity contribution in [3.8, 4) is 11.1 Å². The van der Waals surface area contributed by atoms with Crippen LogP contribution in [0.15, 0.2) is 48.5 Å². The van der Waals surface area contributed by atoms with E-state index in [1.165, 1.54) is 4.90 Å². The van der Waals surface area contributed by atoms with Crippen LogP contribution < -0.4 is 5.32 Å². The molecule has 0 bridgehead atoms. The minimum Gasteiger partial charge on any atom is -0.481 e. The van der Waals surface area contributed by atoms with Crippen LogP contribution in [0.1, 0.15) is 56.6 Å². The van der Waals surface area contributed by atoms with E-state index < -0.39 is 23.5 Å². The summed E-state index contributed by atoms with van der Waals surface area (Å²) in [6.45, 7) is 4.36. The number of unbranched alkanes of at least 4 members (excludes halogenated alkanes) is 1. The Kier molecular flexibility index (Phi) is 6.91. The van der Waals surface area contributed by atoms with Crippen LogP contribution in [-0.2, 0) is 14.3 Å². The Bertz CT molecular complexity index is 1030. The number of hydrogen-bond donors (Lipinski definition) is 2. The van der Waals surface area contributed by atoms with E-state index in [-0.39, 0.29) is 31.5 Å². The van der Waals surface area contributed by atoms with Crippen LogP contribution in [0.4, 0.5) is 4.79 Å². The molecule has 1 aliphatic heterocycles. The average molecular weight is 465 g/mol. The monoisotopic (exact) mass is 464 g/mol. The molecule has 2 aromatic carbocycles. The Balaban J connectivity index is 1.39. The molecule has 34 heavy (non-hydrogen) atoms. The number of hydrogen-bond acceptors (Lipinski definition) is 4. The first-order chi connectivity index (χ1) is 16.4. The number of alkyl carbamates (subject to hydrolysis) is 1. The predicted molar refractivity (Wildman–Crippen MR) is 128 cm³/mol. The van der Waals surface area contributed by atoms with Gasteiger partial charge in [-0.3, -0.25) is 9.59 Å².